The van der Waals surface area contributed by atoms with Gasteiger partial charge in [0.05, 0.1) is 0 Å². The van der Waals surface area contributed by atoms with Crippen LogP contribution >= 0.6 is 0 Å². The Morgan fingerprint density at radius 1 is 1.10 bits per heavy atom. The van der Waals surface area contributed by atoms with Gasteiger partial charge in [0.1, 0.15) is 5.75 Å². The number of benzene rings is 1. The lowest BCUT2D eigenvalue weighted by atomic mass is 10.1. The molecule has 0 fully saturated rings. The number of carbonyl (C=O) groups is 2. The summed E-state index contributed by atoms with van der Waals surface area (Å²) in [5.74, 6) is 0.577. The number of ether oxygens (including phenoxy) is 1. The predicted octanol–water partition coefficient (Wildman–Crippen LogP) is 3.35. The highest BCUT2D eigenvalue weighted by atomic mass is 16.5. The van der Waals surface area contributed by atoms with Crippen molar-refractivity contribution in [3.8, 4) is 5.75 Å². The van der Waals surface area contributed by atoms with E-state index >= 15 is 0 Å². The number of Topliss-reactive ketones (excluding diaryl/α,β-unsaturated/α-hetero) is 1. The molecule has 1 N–H and O–H groups in total. The number of rotatable bonds is 8. The first-order valence-corrected chi connectivity index (χ1v) is 7.62. The molecule has 1 amide bonds. The van der Waals surface area contributed by atoms with E-state index < -0.39 is 6.10 Å². The lowest BCUT2D eigenvalue weighted by Crippen LogP contribution is -2.42. The zero-order valence-corrected chi connectivity index (χ0v) is 13.3. The molecule has 0 aromatic heterocycles. The van der Waals surface area contributed by atoms with Gasteiger partial charge in [-0.05, 0) is 44.0 Å². The number of nitrogens with one attached hydrogen (secondary N) is 1. The van der Waals surface area contributed by atoms with E-state index in [1.165, 1.54) is 0 Å². The molecule has 0 saturated carbocycles. The van der Waals surface area contributed by atoms with Gasteiger partial charge in [-0.1, -0.05) is 20.8 Å². The summed E-state index contributed by atoms with van der Waals surface area (Å²) in [4.78, 5) is 23.5. The van der Waals surface area contributed by atoms with Gasteiger partial charge in [-0.15, -0.1) is 0 Å². The highest BCUT2D eigenvalue weighted by molar-refractivity contribution is 5.95. The van der Waals surface area contributed by atoms with Crippen molar-refractivity contribution in [2.75, 3.05) is 0 Å². The molecule has 21 heavy (non-hydrogen) atoms. The van der Waals surface area contributed by atoms with Gasteiger partial charge < -0.3 is 10.1 Å². The van der Waals surface area contributed by atoms with Crippen molar-refractivity contribution >= 4 is 11.7 Å². The average molecular weight is 291 g/mol. The van der Waals surface area contributed by atoms with Gasteiger partial charge in [0.15, 0.2) is 11.9 Å². The van der Waals surface area contributed by atoms with E-state index in [9.17, 15) is 9.59 Å². The van der Waals surface area contributed by atoms with E-state index in [-0.39, 0.29) is 17.7 Å². The van der Waals surface area contributed by atoms with Crippen molar-refractivity contribution in [1.29, 1.82) is 0 Å². The molecule has 1 aromatic rings. The fraction of sp³-hybridized carbons (Fsp3) is 0.529. The number of hydrogen-bond donors (Lipinski definition) is 1. The lowest BCUT2D eigenvalue weighted by molar-refractivity contribution is -0.128. The van der Waals surface area contributed by atoms with Gasteiger partial charge in [0.2, 0.25) is 0 Å². The first kappa shape index (κ1) is 17.2. The number of carbonyl (C=O) groups excluding carboxylic acids is 2. The molecule has 4 heteroatoms. The summed E-state index contributed by atoms with van der Waals surface area (Å²) in [6.45, 7) is 7.65. The summed E-state index contributed by atoms with van der Waals surface area (Å²) in [6.07, 6.45) is 1.73. The Bertz CT molecular complexity index is 463. The maximum atomic E-state index is 12.0. The number of ketones is 1. The molecule has 0 saturated heterocycles. The molecule has 0 heterocycles. The fourth-order valence-corrected chi connectivity index (χ4v) is 1.99. The Hall–Kier alpha value is -1.84. The first-order valence-electron chi connectivity index (χ1n) is 7.62. The zero-order chi connectivity index (χ0) is 15.8. The van der Waals surface area contributed by atoms with Crippen LogP contribution in [-0.4, -0.2) is 23.8 Å². The molecule has 1 rings (SSSR count). The maximum Gasteiger partial charge on any atom is 0.260 e. The van der Waals surface area contributed by atoms with E-state index in [1.54, 1.807) is 31.2 Å². The third-order valence-electron chi connectivity index (χ3n) is 3.51. The van der Waals surface area contributed by atoms with Crippen molar-refractivity contribution in [2.45, 2.75) is 59.1 Å². The molecule has 0 bridgehead atoms. The molecule has 0 aliphatic heterocycles. The van der Waals surface area contributed by atoms with Crippen LogP contribution in [0, 0.1) is 0 Å². The molecule has 4 nitrogen and oxygen atoms in total. The van der Waals surface area contributed by atoms with Crippen LogP contribution in [0.25, 0.3) is 0 Å². The second kappa shape index (κ2) is 8.45. The minimum absolute atomic E-state index is 0.0982. The van der Waals surface area contributed by atoms with Crippen molar-refractivity contribution in [2.24, 2.45) is 0 Å². The molecule has 0 radical (unpaired) electrons. The number of amides is 1. The smallest absolute Gasteiger partial charge is 0.260 e. The predicted molar refractivity (Wildman–Crippen MR) is 83.7 cm³/mol. The van der Waals surface area contributed by atoms with Gasteiger partial charge in [0.25, 0.3) is 5.91 Å². The summed E-state index contributed by atoms with van der Waals surface area (Å²) < 4.78 is 5.61. The molecule has 1 unspecified atom stereocenters. The summed E-state index contributed by atoms with van der Waals surface area (Å²) in [7, 11) is 0. The van der Waals surface area contributed by atoms with Crippen LogP contribution in [0.4, 0.5) is 0 Å². The Labute approximate surface area is 126 Å². The van der Waals surface area contributed by atoms with Crippen molar-refractivity contribution < 1.29 is 14.3 Å². The Balaban J connectivity index is 2.60. The Morgan fingerprint density at radius 3 is 2.14 bits per heavy atom. The lowest BCUT2D eigenvalue weighted by Gasteiger charge is -2.19. The van der Waals surface area contributed by atoms with Crippen LogP contribution in [0.1, 0.15) is 57.3 Å². The van der Waals surface area contributed by atoms with Gasteiger partial charge in [-0.3, -0.25) is 9.59 Å². The van der Waals surface area contributed by atoms with E-state index in [0.29, 0.717) is 17.7 Å². The topological polar surface area (TPSA) is 55.4 Å². The maximum absolute atomic E-state index is 12.0. The Kier molecular flexibility index (Phi) is 6.92. The molecule has 0 aliphatic carbocycles. The summed E-state index contributed by atoms with van der Waals surface area (Å²) in [5.41, 5.74) is 0.666. The number of hydrogen-bond acceptors (Lipinski definition) is 3. The molecular weight excluding hydrogens is 266 g/mol. The zero-order valence-electron chi connectivity index (χ0n) is 13.3. The summed E-state index contributed by atoms with van der Waals surface area (Å²) in [6, 6.07) is 7.10. The molecule has 0 spiro atoms. The van der Waals surface area contributed by atoms with E-state index in [0.717, 1.165) is 12.8 Å². The van der Waals surface area contributed by atoms with Crippen molar-refractivity contribution in [1.82, 2.24) is 5.32 Å². The van der Waals surface area contributed by atoms with Crippen LogP contribution in [0.5, 0.6) is 5.75 Å². The minimum Gasteiger partial charge on any atom is -0.481 e. The highest BCUT2D eigenvalue weighted by Gasteiger charge is 2.17. The van der Waals surface area contributed by atoms with E-state index in [1.807, 2.05) is 20.8 Å². The summed E-state index contributed by atoms with van der Waals surface area (Å²) in [5, 5.41) is 2.96. The van der Waals surface area contributed by atoms with Crippen LogP contribution in [-0.2, 0) is 4.79 Å². The highest BCUT2D eigenvalue weighted by Crippen LogP contribution is 2.15. The molecular formula is C17H25NO3. The van der Waals surface area contributed by atoms with E-state index in [4.69, 9.17) is 4.74 Å². The van der Waals surface area contributed by atoms with Crippen molar-refractivity contribution in [3.63, 3.8) is 0 Å². The summed E-state index contributed by atoms with van der Waals surface area (Å²) >= 11 is 0. The molecule has 116 valence electrons. The van der Waals surface area contributed by atoms with E-state index in [2.05, 4.69) is 5.32 Å². The van der Waals surface area contributed by atoms with Gasteiger partial charge in [0, 0.05) is 18.0 Å². The second-order valence-corrected chi connectivity index (χ2v) is 5.08. The third kappa shape index (κ3) is 5.21. The van der Waals surface area contributed by atoms with Crippen LogP contribution in [0.2, 0.25) is 0 Å². The molecule has 1 atom stereocenters. The monoisotopic (exact) mass is 291 g/mol. The quantitative estimate of drug-likeness (QED) is 0.747. The largest absolute Gasteiger partial charge is 0.481 e. The van der Waals surface area contributed by atoms with Crippen LogP contribution < -0.4 is 10.1 Å². The molecule has 1 aromatic carbocycles. The Morgan fingerprint density at radius 2 is 1.67 bits per heavy atom. The first-order chi connectivity index (χ1) is 10.0. The molecule has 0 aliphatic rings. The second-order valence-electron chi connectivity index (χ2n) is 5.08. The minimum atomic E-state index is -0.557. The van der Waals surface area contributed by atoms with Gasteiger partial charge in [-0.2, -0.15) is 0 Å². The average Bonchev–Trinajstić information content (AvgIpc) is 2.52. The SMILES string of the molecule is CCC(=O)c1ccc(OC(C)C(=O)NC(CC)CC)cc1. The third-order valence-corrected chi connectivity index (χ3v) is 3.51. The van der Waals surface area contributed by atoms with Gasteiger partial charge >= 0.3 is 0 Å². The van der Waals surface area contributed by atoms with Gasteiger partial charge in [-0.25, -0.2) is 0 Å². The van der Waals surface area contributed by atoms with Crippen molar-refractivity contribution in [3.05, 3.63) is 29.8 Å². The van der Waals surface area contributed by atoms with Crippen LogP contribution in [0.15, 0.2) is 24.3 Å². The normalized spacial score (nSPS) is 12.0. The standard InChI is InChI=1S/C17H25NO3/c1-5-14(6-2)18-17(20)12(4)21-15-10-8-13(9-11-15)16(19)7-3/h8-12,14H,5-7H2,1-4H3,(H,18,20). The van der Waals surface area contributed by atoms with Crippen LogP contribution in [0.3, 0.4) is 0 Å². The fourth-order valence-electron chi connectivity index (χ4n) is 1.99.